The number of carbonyl (C=O) groups is 2. The van der Waals surface area contributed by atoms with E-state index in [1.807, 2.05) is 6.08 Å². The molecular formula is C13H19NO4. The summed E-state index contributed by atoms with van der Waals surface area (Å²) in [5.41, 5.74) is 0. The quantitative estimate of drug-likeness (QED) is 0.424. The van der Waals surface area contributed by atoms with Crippen LogP contribution in [0, 0.1) is 5.92 Å². The third-order valence-electron chi connectivity index (χ3n) is 2.81. The zero-order valence-electron chi connectivity index (χ0n) is 10.5. The Hall–Kier alpha value is -1.62. The van der Waals surface area contributed by atoms with Crippen molar-refractivity contribution in [1.82, 2.24) is 4.90 Å². The Kier molecular flexibility index (Phi) is 6.14. The van der Waals surface area contributed by atoms with Gasteiger partial charge in [0.15, 0.2) is 0 Å². The first-order valence-electron chi connectivity index (χ1n) is 6.00. The van der Waals surface area contributed by atoms with Crippen LogP contribution >= 0.6 is 0 Å². The van der Waals surface area contributed by atoms with Gasteiger partial charge in [-0.1, -0.05) is 18.7 Å². The maximum absolute atomic E-state index is 11.6. The lowest BCUT2D eigenvalue weighted by Gasteiger charge is -2.29. The number of ether oxygens (including phenoxy) is 2. The van der Waals surface area contributed by atoms with Gasteiger partial charge in [-0.2, -0.15) is 0 Å². The average molecular weight is 253 g/mol. The minimum atomic E-state index is -0.951. The van der Waals surface area contributed by atoms with Crippen molar-refractivity contribution in [3.63, 3.8) is 0 Å². The van der Waals surface area contributed by atoms with Crippen LogP contribution in [-0.4, -0.2) is 43.3 Å². The Balaban J connectivity index is 2.29. The van der Waals surface area contributed by atoms with Crippen LogP contribution in [0.5, 0.6) is 0 Å². The number of nitrogens with zero attached hydrogens (tertiary/aromatic N) is 1. The fraction of sp³-hybridized carbons (Fsp3) is 0.538. The molecule has 0 aromatic carbocycles. The zero-order chi connectivity index (χ0) is 13.4. The van der Waals surface area contributed by atoms with E-state index < -0.39 is 12.1 Å². The Morgan fingerprint density at radius 3 is 2.44 bits per heavy atom. The highest BCUT2D eigenvalue weighted by molar-refractivity contribution is 5.83. The van der Waals surface area contributed by atoms with Crippen LogP contribution in [0.2, 0.25) is 0 Å². The van der Waals surface area contributed by atoms with Gasteiger partial charge < -0.3 is 9.47 Å². The minimum absolute atomic E-state index is 0.0455. The number of esters is 1. The van der Waals surface area contributed by atoms with Crippen molar-refractivity contribution in [2.24, 2.45) is 5.92 Å². The summed E-state index contributed by atoms with van der Waals surface area (Å²) in [6.07, 6.45) is 3.70. The van der Waals surface area contributed by atoms with Crippen molar-refractivity contribution >= 4 is 12.1 Å². The molecular weight excluding hydrogens is 234 g/mol. The molecule has 0 radical (unpaired) electrons. The first-order valence-corrected chi connectivity index (χ1v) is 6.00. The van der Waals surface area contributed by atoms with Gasteiger partial charge in [0.05, 0.1) is 5.92 Å². The van der Waals surface area contributed by atoms with Crippen LogP contribution in [0.15, 0.2) is 25.3 Å². The molecule has 1 fully saturated rings. The highest BCUT2D eigenvalue weighted by Gasteiger charge is 2.27. The topological polar surface area (TPSA) is 55.8 Å². The molecule has 100 valence electrons. The molecule has 1 aliphatic heterocycles. The summed E-state index contributed by atoms with van der Waals surface area (Å²) in [4.78, 5) is 24.9. The number of piperidine rings is 1. The molecule has 0 aromatic rings. The van der Waals surface area contributed by atoms with Gasteiger partial charge in [0, 0.05) is 6.54 Å². The normalized spacial score (nSPS) is 16.9. The van der Waals surface area contributed by atoms with E-state index in [1.165, 1.54) is 6.08 Å². The minimum Gasteiger partial charge on any atom is -0.430 e. The summed E-state index contributed by atoms with van der Waals surface area (Å²) in [5.74, 6) is -0.718. The summed E-state index contributed by atoms with van der Waals surface area (Å²) >= 11 is 0. The van der Waals surface area contributed by atoms with Crippen molar-refractivity contribution in [2.45, 2.75) is 12.8 Å². The third-order valence-corrected chi connectivity index (χ3v) is 2.81. The van der Waals surface area contributed by atoms with E-state index in [2.05, 4.69) is 27.5 Å². The molecule has 0 unspecified atom stereocenters. The maximum atomic E-state index is 11.6. The highest BCUT2D eigenvalue weighted by atomic mass is 16.7. The molecule has 0 atom stereocenters. The van der Waals surface area contributed by atoms with Crippen LogP contribution in [0.3, 0.4) is 0 Å². The molecule has 1 aliphatic rings. The van der Waals surface area contributed by atoms with Gasteiger partial charge in [-0.15, -0.1) is 6.58 Å². The summed E-state index contributed by atoms with van der Waals surface area (Å²) in [6, 6.07) is 0. The lowest BCUT2D eigenvalue weighted by atomic mass is 9.97. The van der Waals surface area contributed by atoms with E-state index in [-0.39, 0.29) is 12.5 Å². The number of likely N-dealkylation sites (tertiary alicyclic amines) is 1. The highest BCUT2D eigenvalue weighted by Crippen LogP contribution is 2.18. The molecule has 0 aliphatic carbocycles. The van der Waals surface area contributed by atoms with Crippen molar-refractivity contribution in [1.29, 1.82) is 0 Å². The van der Waals surface area contributed by atoms with Crippen molar-refractivity contribution < 1.29 is 19.1 Å². The van der Waals surface area contributed by atoms with Crippen LogP contribution in [-0.2, 0) is 14.3 Å². The van der Waals surface area contributed by atoms with Crippen LogP contribution in [0.4, 0.5) is 4.79 Å². The number of hydrogen-bond acceptors (Lipinski definition) is 5. The first kappa shape index (κ1) is 14.4. The molecule has 0 bridgehead atoms. The second kappa shape index (κ2) is 7.66. The van der Waals surface area contributed by atoms with Gasteiger partial charge in [-0.25, -0.2) is 4.79 Å². The molecule has 0 spiro atoms. The molecule has 0 N–H and O–H groups in total. The molecule has 1 heterocycles. The van der Waals surface area contributed by atoms with Crippen molar-refractivity contribution in [3.8, 4) is 0 Å². The number of carbonyl (C=O) groups excluding carboxylic acids is 2. The Morgan fingerprint density at radius 1 is 1.22 bits per heavy atom. The SMILES string of the molecule is C=CCOC(=O)OC(=O)C1CCN(CC=C)CC1. The van der Waals surface area contributed by atoms with E-state index in [0.717, 1.165) is 19.6 Å². The van der Waals surface area contributed by atoms with Gasteiger partial charge in [-0.05, 0) is 25.9 Å². The monoisotopic (exact) mass is 253 g/mol. The second-order valence-corrected chi connectivity index (χ2v) is 4.13. The number of rotatable bonds is 5. The second-order valence-electron chi connectivity index (χ2n) is 4.13. The predicted molar refractivity (Wildman–Crippen MR) is 67.0 cm³/mol. The van der Waals surface area contributed by atoms with E-state index in [1.54, 1.807) is 0 Å². The summed E-state index contributed by atoms with van der Waals surface area (Å²) in [6.45, 7) is 9.56. The van der Waals surface area contributed by atoms with E-state index in [9.17, 15) is 9.59 Å². The van der Waals surface area contributed by atoms with E-state index in [4.69, 9.17) is 0 Å². The van der Waals surface area contributed by atoms with Crippen LogP contribution in [0.25, 0.3) is 0 Å². The number of hydrogen-bond donors (Lipinski definition) is 0. The lowest BCUT2D eigenvalue weighted by molar-refractivity contribution is -0.145. The standard InChI is InChI=1S/C13H19NO4/c1-3-7-14-8-5-11(6-9-14)12(15)18-13(16)17-10-4-2/h3-4,11H,1-2,5-10H2. The molecule has 5 nitrogen and oxygen atoms in total. The smallest absolute Gasteiger partial charge is 0.430 e. The maximum Gasteiger partial charge on any atom is 0.516 e. The zero-order valence-corrected chi connectivity index (χ0v) is 10.5. The molecule has 0 saturated carbocycles. The Bertz CT molecular complexity index is 319. The van der Waals surface area contributed by atoms with Gasteiger partial charge in [0.25, 0.3) is 0 Å². The Morgan fingerprint density at radius 2 is 1.89 bits per heavy atom. The van der Waals surface area contributed by atoms with Crippen LogP contribution < -0.4 is 0 Å². The molecule has 5 heteroatoms. The summed E-state index contributed by atoms with van der Waals surface area (Å²) in [7, 11) is 0. The molecule has 0 aromatic heterocycles. The van der Waals surface area contributed by atoms with Gasteiger partial charge >= 0.3 is 12.1 Å². The van der Waals surface area contributed by atoms with Crippen LogP contribution in [0.1, 0.15) is 12.8 Å². The molecule has 1 rings (SSSR count). The average Bonchev–Trinajstić information content (AvgIpc) is 2.37. The van der Waals surface area contributed by atoms with Gasteiger partial charge in [0.2, 0.25) is 0 Å². The Labute approximate surface area is 107 Å². The fourth-order valence-electron chi connectivity index (χ4n) is 1.86. The van der Waals surface area contributed by atoms with Gasteiger partial charge in [0.1, 0.15) is 6.61 Å². The summed E-state index contributed by atoms with van der Waals surface area (Å²) < 4.78 is 9.19. The molecule has 1 saturated heterocycles. The first-order chi connectivity index (χ1) is 8.67. The van der Waals surface area contributed by atoms with E-state index >= 15 is 0 Å². The third kappa shape index (κ3) is 4.71. The lowest BCUT2D eigenvalue weighted by Crippen LogP contribution is -2.37. The molecule has 18 heavy (non-hydrogen) atoms. The van der Waals surface area contributed by atoms with Gasteiger partial charge in [-0.3, -0.25) is 9.69 Å². The molecule has 0 amide bonds. The van der Waals surface area contributed by atoms with E-state index in [0.29, 0.717) is 12.8 Å². The summed E-state index contributed by atoms with van der Waals surface area (Å²) in [5, 5.41) is 0. The van der Waals surface area contributed by atoms with Crippen molar-refractivity contribution in [2.75, 3.05) is 26.2 Å². The van der Waals surface area contributed by atoms with Crippen molar-refractivity contribution in [3.05, 3.63) is 25.3 Å². The fourth-order valence-corrected chi connectivity index (χ4v) is 1.86. The predicted octanol–water partition coefficient (Wildman–Crippen LogP) is 1.75. The largest absolute Gasteiger partial charge is 0.516 e.